The monoisotopic (exact) mass is 392 g/mol. The normalized spacial score (nSPS) is 19.2. The molecule has 0 unspecified atom stereocenters. The molecule has 1 amide bonds. The molecule has 2 heterocycles. The first-order valence-corrected chi connectivity index (χ1v) is 10.5. The number of hydrogen-bond donors (Lipinski definition) is 0. The average molecular weight is 393 g/mol. The summed E-state index contributed by atoms with van der Waals surface area (Å²) in [5, 5.41) is 0.839. The lowest BCUT2D eigenvalue weighted by Gasteiger charge is -2.30. The van der Waals surface area contributed by atoms with Crippen LogP contribution >= 0.6 is 11.8 Å². The molecule has 144 valence electrons. The first-order chi connectivity index (χ1) is 13.7. The molecule has 0 radical (unpaired) electrons. The Bertz CT molecular complexity index is 900. The van der Waals surface area contributed by atoms with Crippen molar-refractivity contribution in [3.05, 3.63) is 70.6 Å². The maximum atomic E-state index is 12.4. The summed E-state index contributed by atoms with van der Waals surface area (Å²) >= 11 is 1.48. The zero-order chi connectivity index (χ0) is 19.3. The number of carbonyl (C=O) groups excluding carboxylic acids is 1. The van der Waals surface area contributed by atoms with E-state index in [0.29, 0.717) is 11.5 Å². The molecular weight excluding hydrogens is 368 g/mol. The van der Waals surface area contributed by atoms with Gasteiger partial charge >= 0.3 is 0 Å². The maximum absolute atomic E-state index is 12.4. The number of hydrogen-bond acceptors (Lipinski definition) is 4. The second-order valence-corrected chi connectivity index (χ2v) is 8.30. The first-order valence-electron chi connectivity index (χ1n) is 9.72. The molecule has 0 aliphatic carbocycles. The van der Waals surface area contributed by atoms with Crippen molar-refractivity contribution >= 4 is 28.9 Å². The van der Waals surface area contributed by atoms with Crippen LogP contribution in [-0.2, 0) is 11.4 Å². The third kappa shape index (κ3) is 4.47. The van der Waals surface area contributed by atoms with Crippen LogP contribution in [0.25, 0.3) is 6.08 Å². The number of nitrogens with zero attached hydrogens (tertiary/aromatic N) is 2. The van der Waals surface area contributed by atoms with Crippen molar-refractivity contribution in [3.8, 4) is 5.75 Å². The van der Waals surface area contributed by atoms with Crippen LogP contribution < -0.4 is 4.74 Å². The van der Waals surface area contributed by atoms with Crippen molar-refractivity contribution < 1.29 is 9.53 Å². The highest BCUT2D eigenvalue weighted by Crippen LogP contribution is 2.33. The van der Waals surface area contributed by atoms with Gasteiger partial charge in [-0.1, -0.05) is 55.5 Å². The second-order valence-electron chi connectivity index (χ2n) is 7.29. The highest BCUT2D eigenvalue weighted by Gasteiger charge is 2.28. The number of carbonyl (C=O) groups is 1. The molecule has 2 aliphatic rings. The lowest BCUT2D eigenvalue weighted by atomic mass is 10.00. The summed E-state index contributed by atoms with van der Waals surface area (Å²) in [6.45, 7) is 4.73. The van der Waals surface area contributed by atoms with E-state index in [-0.39, 0.29) is 5.91 Å². The predicted octanol–water partition coefficient (Wildman–Crippen LogP) is 4.97. The molecule has 0 saturated carbocycles. The molecule has 5 heteroatoms. The molecule has 0 aromatic heterocycles. The molecule has 0 N–H and O–H groups in total. The third-order valence-corrected chi connectivity index (χ3v) is 6.15. The van der Waals surface area contributed by atoms with Crippen LogP contribution in [0, 0.1) is 5.92 Å². The van der Waals surface area contributed by atoms with Gasteiger partial charge in [0, 0.05) is 18.7 Å². The average Bonchev–Trinajstić information content (AvgIpc) is 3.09. The molecule has 0 spiro atoms. The van der Waals surface area contributed by atoms with E-state index in [1.165, 1.54) is 11.8 Å². The topological polar surface area (TPSA) is 41.9 Å². The molecule has 2 aliphatic heterocycles. The van der Waals surface area contributed by atoms with E-state index in [4.69, 9.17) is 4.74 Å². The highest BCUT2D eigenvalue weighted by molar-refractivity contribution is 8.18. The maximum Gasteiger partial charge on any atom is 0.286 e. The Labute approximate surface area is 170 Å². The van der Waals surface area contributed by atoms with E-state index >= 15 is 0 Å². The number of benzene rings is 2. The van der Waals surface area contributed by atoms with Crippen LogP contribution in [0.15, 0.2) is 64.5 Å². The van der Waals surface area contributed by atoms with Crippen LogP contribution in [0.2, 0.25) is 0 Å². The van der Waals surface area contributed by atoms with Gasteiger partial charge in [-0.25, -0.2) is 0 Å². The van der Waals surface area contributed by atoms with Crippen molar-refractivity contribution in [1.82, 2.24) is 4.90 Å². The Morgan fingerprint density at radius 2 is 1.82 bits per heavy atom. The number of amides is 1. The van der Waals surface area contributed by atoms with Gasteiger partial charge in [0.1, 0.15) is 12.4 Å². The van der Waals surface area contributed by atoms with Crippen LogP contribution in [0.1, 0.15) is 30.9 Å². The number of piperidine rings is 1. The summed E-state index contributed by atoms with van der Waals surface area (Å²) in [5.41, 5.74) is 2.01. The molecular formula is C23H24N2O2S. The van der Waals surface area contributed by atoms with E-state index in [2.05, 4.69) is 16.8 Å². The minimum Gasteiger partial charge on any atom is -0.488 e. The number of rotatable bonds is 4. The van der Waals surface area contributed by atoms with Crippen LogP contribution in [-0.4, -0.2) is 29.1 Å². The fourth-order valence-corrected chi connectivity index (χ4v) is 4.30. The van der Waals surface area contributed by atoms with Gasteiger partial charge in [-0.05, 0) is 48.2 Å². The van der Waals surface area contributed by atoms with Gasteiger partial charge in [-0.3, -0.25) is 4.79 Å². The van der Waals surface area contributed by atoms with Crippen molar-refractivity contribution in [2.45, 2.75) is 26.4 Å². The van der Waals surface area contributed by atoms with Crippen molar-refractivity contribution in [1.29, 1.82) is 0 Å². The summed E-state index contributed by atoms with van der Waals surface area (Å²) < 4.78 is 6.01. The summed E-state index contributed by atoms with van der Waals surface area (Å²) in [6, 6.07) is 17.9. The number of likely N-dealkylation sites (tertiary alicyclic amines) is 1. The molecule has 1 fully saturated rings. The molecule has 2 aromatic rings. The van der Waals surface area contributed by atoms with Crippen molar-refractivity contribution in [2.24, 2.45) is 10.9 Å². The van der Waals surface area contributed by atoms with Crippen molar-refractivity contribution in [3.63, 3.8) is 0 Å². The minimum absolute atomic E-state index is 0.156. The minimum atomic E-state index is -0.156. The Balaban J connectivity index is 1.46. The van der Waals surface area contributed by atoms with Crippen molar-refractivity contribution in [2.75, 3.05) is 13.1 Å². The zero-order valence-corrected chi connectivity index (χ0v) is 16.8. The van der Waals surface area contributed by atoms with Gasteiger partial charge in [0.25, 0.3) is 5.91 Å². The Hall–Kier alpha value is -2.53. The number of amidine groups is 1. The van der Waals surface area contributed by atoms with E-state index in [9.17, 15) is 4.79 Å². The lowest BCUT2D eigenvalue weighted by molar-refractivity contribution is -0.113. The molecule has 2 aromatic carbocycles. The smallest absolute Gasteiger partial charge is 0.286 e. The number of para-hydroxylation sites is 1. The van der Waals surface area contributed by atoms with Gasteiger partial charge in [0.15, 0.2) is 5.17 Å². The second kappa shape index (κ2) is 8.65. The standard InChI is InChI=1S/C23H24N2O2S/c1-17-11-13-25(14-12-17)23-24-22(26)21(28-23)15-19-9-5-6-10-20(19)27-16-18-7-3-2-4-8-18/h2-10,15,17H,11-14,16H2,1H3/b21-15-. The van der Waals surface area contributed by atoms with E-state index in [0.717, 1.165) is 53.9 Å². The fraction of sp³-hybridized carbons (Fsp3) is 0.304. The SMILES string of the molecule is CC1CCN(C2=NC(=O)/C(=C/c3ccccc3OCc3ccccc3)S2)CC1. The predicted molar refractivity (Wildman–Crippen MR) is 115 cm³/mol. The highest BCUT2D eigenvalue weighted by atomic mass is 32.2. The van der Waals surface area contributed by atoms with Crippen LogP contribution in [0.5, 0.6) is 5.75 Å². The zero-order valence-electron chi connectivity index (χ0n) is 16.0. The van der Waals surface area contributed by atoms with E-state index in [1.54, 1.807) is 0 Å². The number of ether oxygens (including phenoxy) is 1. The summed E-state index contributed by atoms with van der Waals surface area (Å²) in [4.78, 5) is 19.6. The van der Waals surface area contributed by atoms with Gasteiger partial charge < -0.3 is 9.64 Å². The molecule has 4 rings (SSSR count). The van der Waals surface area contributed by atoms with Crippen LogP contribution in [0.3, 0.4) is 0 Å². The molecule has 0 bridgehead atoms. The molecule has 0 atom stereocenters. The van der Waals surface area contributed by atoms with Gasteiger partial charge in [0.2, 0.25) is 0 Å². The molecule has 1 saturated heterocycles. The van der Waals surface area contributed by atoms with Crippen LogP contribution in [0.4, 0.5) is 0 Å². The summed E-state index contributed by atoms with van der Waals surface area (Å²) in [7, 11) is 0. The lowest BCUT2D eigenvalue weighted by Crippen LogP contribution is -2.35. The summed E-state index contributed by atoms with van der Waals surface area (Å²) in [6.07, 6.45) is 4.21. The van der Waals surface area contributed by atoms with E-state index < -0.39 is 0 Å². The molecule has 28 heavy (non-hydrogen) atoms. The van der Waals surface area contributed by atoms with E-state index in [1.807, 2.05) is 60.7 Å². The largest absolute Gasteiger partial charge is 0.488 e. The fourth-order valence-electron chi connectivity index (χ4n) is 3.34. The number of aliphatic imine (C=N–C) groups is 1. The number of thioether (sulfide) groups is 1. The van der Waals surface area contributed by atoms with Gasteiger partial charge in [-0.2, -0.15) is 4.99 Å². The summed E-state index contributed by atoms with van der Waals surface area (Å²) in [5.74, 6) is 1.37. The van der Waals surface area contributed by atoms with Gasteiger partial charge in [-0.15, -0.1) is 0 Å². The van der Waals surface area contributed by atoms with Gasteiger partial charge in [0.05, 0.1) is 4.91 Å². The third-order valence-electron chi connectivity index (χ3n) is 5.11. The first kappa shape index (κ1) is 18.8. The Kier molecular flexibility index (Phi) is 5.81. The molecule has 4 nitrogen and oxygen atoms in total. The Morgan fingerprint density at radius 1 is 1.11 bits per heavy atom. The quantitative estimate of drug-likeness (QED) is 0.689. The Morgan fingerprint density at radius 3 is 2.61 bits per heavy atom.